The monoisotopic (exact) mass is 439 g/mol. The van der Waals surface area contributed by atoms with Gasteiger partial charge in [0.2, 0.25) is 26.0 Å². The molecule has 0 radical (unpaired) electrons. The zero-order valence-electron chi connectivity index (χ0n) is 16.8. The molecule has 29 heavy (non-hydrogen) atoms. The van der Waals surface area contributed by atoms with Gasteiger partial charge in [0.15, 0.2) is 0 Å². The van der Waals surface area contributed by atoms with E-state index in [0.717, 1.165) is 26.0 Å². The maximum atomic E-state index is 12.4. The van der Waals surface area contributed by atoms with Crippen LogP contribution in [0.15, 0.2) is 53.4 Å². The Morgan fingerprint density at radius 2 is 1.55 bits per heavy atom. The van der Waals surface area contributed by atoms with E-state index in [-0.39, 0.29) is 17.1 Å². The Labute approximate surface area is 172 Å². The van der Waals surface area contributed by atoms with Crippen LogP contribution >= 0.6 is 0 Å². The van der Waals surface area contributed by atoms with Gasteiger partial charge in [0.1, 0.15) is 6.54 Å². The summed E-state index contributed by atoms with van der Waals surface area (Å²) in [4.78, 5) is 12.4. The highest BCUT2D eigenvalue weighted by Gasteiger charge is 2.22. The van der Waals surface area contributed by atoms with E-state index < -0.39 is 32.5 Å². The Hall–Kier alpha value is -2.43. The van der Waals surface area contributed by atoms with Crippen LogP contribution in [-0.4, -0.2) is 53.9 Å². The topological polar surface area (TPSA) is 104 Å². The van der Waals surface area contributed by atoms with E-state index in [4.69, 9.17) is 0 Å². The molecule has 0 heterocycles. The van der Waals surface area contributed by atoms with Crippen molar-refractivity contribution < 1.29 is 21.6 Å². The van der Waals surface area contributed by atoms with Gasteiger partial charge in [-0.05, 0) is 42.3 Å². The zero-order valence-corrected chi connectivity index (χ0v) is 18.4. The number of rotatable bonds is 8. The average molecular weight is 440 g/mol. The fraction of sp³-hybridized carbons (Fsp3) is 0.316. The number of carbonyl (C=O) groups excluding carboxylic acids is 1. The zero-order chi connectivity index (χ0) is 21.8. The fourth-order valence-corrected chi connectivity index (χ4v) is 4.34. The van der Waals surface area contributed by atoms with Crippen LogP contribution in [0.5, 0.6) is 0 Å². The number of benzene rings is 2. The standard InChI is InChI=1S/C19H25N3O5S2/c1-15-7-5-6-8-16(15)13-20-19(23)14-22(28(4,24)25)17-9-11-18(12-10-17)29(26,27)21(2)3/h5-12H,13-14H2,1-4H3,(H,20,23). The minimum atomic E-state index is -3.76. The Balaban J connectivity index is 2.18. The maximum Gasteiger partial charge on any atom is 0.242 e. The average Bonchev–Trinajstić information content (AvgIpc) is 2.64. The molecule has 0 saturated heterocycles. The van der Waals surface area contributed by atoms with Crippen molar-refractivity contribution in [3.8, 4) is 0 Å². The molecule has 0 bridgehead atoms. The molecular weight excluding hydrogens is 414 g/mol. The highest BCUT2D eigenvalue weighted by atomic mass is 32.2. The van der Waals surface area contributed by atoms with Crippen molar-refractivity contribution >= 4 is 31.6 Å². The van der Waals surface area contributed by atoms with Crippen molar-refractivity contribution in [3.05, 3.63) is 59.7 Å². The molecule has 10 heteroatoms. The van der Waals surface area contributed by atoms with Crippen molar-refractivity contribution in [2.45, 2.75) is 18.4 Å². The molecule has 0 spiro atoms. The lowest BCUT2D eigenvalue weighted by Gasteiger charge is -2.22. The summed E-state index contributed by atoms with van der Waals surface area (Å²) in [5.74, 6) is -0.469. The first kappa shape index (κ1) is 22.9. The van der Waals surface area contributed by atoms with E-state index in [1.807, 2.05) is 31.2 Å². The number of nitrogens with one attached hydrogen (secondary N) is 1. The van der Waals surface area contributed by atoms with Crippen molar-refractivity contribution in [1.82, 2.24) is 9.62 Å². The Morgan fingerprint density at radius 3 is 2.07 bits per heavy atom. The van der Waals surface area contributed by atoms with Crippen LogP contribution in [0.25, 0.3) is 0 Å². The van der Waals surface area contributed by atoms with Crippen LogP contribution < -0.4 is 9.62 Å². The summed E-state index contributed by atoms with van der Waals surface area (Å²) in [5, 5.41) is 2.72. The smallest absolute Gasteiger partial charge is 0.242 e. The fourth-order valence-electron chi connectivity index (χ4n) is 2.58. The molecule has 8 nitrogen and oxygen atoms in total. The van der Waals surface area contributed by atoms with E-state index in [2.05, 4.69) is 5.32 Å². The van der Waals surface area contributed by atoms with E-state index in [1.54, 1.807) is 0 Å². The predicted octanol–water partition coefficient (Wildman–Crippen LogP) is 1.33. The third-order valence-corrected chi connectivity index (χ3v) is 7.30. The Kier molecular flexibility index (Phi) is 7.04. The maximum absolute atomic E-state index is 12.4. The lowest BCUT2D eigenvalue weighted by Crippen LogP contribution is -2.40. The summed E-state index contributed by atoms with van der Waals surface area (Å²) >= 11 is 0. The van der Waals surface area contributed by atoms with Gasteiger partial charge in [-0.15, -0.1) is 0 Å². The van der Waals surface area contributed by atoms with E-state index in [0.29, 0.717) is 0 Å². The highest BCUT2D eigenvalue weighted by molar-refractivity contribution is 7.92. The molecule has 2 aromatic rings. The molecule has 0 aromatic heterocycles. The van der Waals surface area contributed by atoms with Crippen molar-refractivity contribution in [2.75, 3.05) is 31.2 Å². The first-order valence-electron chi connectivity index (χ1n) is 8.74. The second kappa shape index (κ2) is 8.93. The van der Waals surface area contributed by atoms with Gasteiger partial charge in [0.25, 0.3) is 0 Å². The Bertz CT molecular complexity index is 1080. The van der Waals surface area contributed by atoms with Gasteiger partial charge in [-0.25, -0.2) is 21.1 Å². The second-order valence-corrected chi connectivity index (χ2v) is 10.8. The highest BCUT2D eigenvalue weighted by Crippen LogP contribution is 2.21. The SMILES string of the molecule is Cc1ccccc1CNC(=O)CN(c1ccc(S(=O)(=O)N(C)C)cc1)S(C)(=O)=O. The molecule has 1 N–H and O–H groups in total. The van der Waals surface area contributed by atoms with Gasteiger partial charge < -0.3 is 5.32 Å². The van der Waals surface area contributed by atoms with Crippen LogP contribution in [-0.2, 0) is 31.4 Å². The van der Waals surface area contributed by atoms with Crippen molar-refractivity contribution in [1.29, 1.82) is 0 Å². The van der Waals surface area contributed by atoms with Gasteiger partial charge >= 0.3 is 0 Å². The normalized spacial score (nSPS) is 12.0. The summed E-state index contributed by atoms with van der Waals surface area (Å²) < 4.78 is 50.7. The molecule has 0 fully saturated rings. The third-order valence-electron chi connectivity index (χ3n) is 4.33. The predicted molar refractivity (Wildman–Crippen MR) is 113 cm³/mol. The van der Waals surface area contributed by atoms with Gasteiger partial charge in [-0.1, -0.05) is 24.3 Å². The van der Waals surface area contributed by atoms with E-state index in [9.17, 15) is 21.6 Å². The molecule has 0 atom stereocenters. The number of hydrogen-bond acceptors (Lipinski definition) is 5. The molecular formula is C19H25N3O5S2. The van der Waals surface area contributed by atoms with Crippen LogP contribution in [0.2, 0.25) is 0 Å². The van der Waals surface area contributed by atoms with Crippen LogP contribution in [0.1, 0.15) is 11.1 Å². The van der Waals surface area contributed by atoms with E-state index >= 15 is 0 Å². The molecule has 0 aliphatic rings. The third kappa shape index (κ3) is 5.78. The van der Waals surface area contributed by atoms with Crippen molar-refractivity contribution in [3.63, 3.8) is 0 Å². The minimum absolute atomic E-state index is 0.0312. The van der Waals surface area contributed by atoms with Crippen LogP contribution in [0.3, 0.4) is 0 Å². The quantitative estimate of drug-likeness (QED) is 0.668. The molecule has 0 aliphatic heterocycles. The number of anilines is 1. The number of nitrogens with zero attached hydrogens (tertiary/aromatic N) is 2. The first-order valence-corrected chi connectivity index (χ1v) is 12.0. The number of sulfonamides is 2. The number of carbonyl (C=O) groups is 1. The molecule has 1 amide bonds. The first-order chi connectivity index (χ1) is 13.4. The van der Waals surface area contributed by atoms with Crippen molar-refractivity contribution in [2.24, 2.45) is 0 Å². The largest absolute Gasteiger partial charge is 0.350 e. The van der Waals surface area contributed by atoms with Gasteiger partial charge in [-0.2, -0.15) is 0 Å². The summed E-state index contributed by atoms with van der Waals surface area (Å²) in [6.45, 7) is 1.79. The molecule has 2 rings (SSSR count). The summed E-state index contributed by atoms with van der Waals surface area (Å²) in [6, 6.07) is 12.9. The lowest BCUT2D eigenvalue weighted by atomic mass is 10.1. The van der Waals surface area contributed by atoms with Crippen LogP contribution in [0, 0.1) is 6.92 Å². The summed E-state index contributed by atoms with van der Waals surface area (Å²) in [7, 11) is -4.58. The van der Waals surface area contributed by atoms with Gasteiger partial charge in [-0.3, -0.25) is 9.10 Å². The molecule has 2 aromatic carbocycles. The summed E-state index contributed by atoms with van der Waals surface area (Å²) in [5.41, 5.74) is 2.16. The summed E-state index contributed by atoms with van der Waals surface area (Å²) in [6.07, 6.45) is 0.992. The molecule has 0 saturated carbocycles. The minimum Gasteiger partial charge on any atom is -0.350 e. The number of amides is 1. The van der Waals surface area contributed by atoms with Gasteiger partial charge in [0, 0.05) is 20.6 Å². The lowest BCUT2D eigenvalue weighted by molar-refractivity contribution is -0.119. The van der Waals surface area contributed by atoms with E-state index in [1.165, 1.54) is 38.4 Å². The second-order valence-electron chi connectivity index (χ2n) is 6.75. The molecule has 0 unspecified atom stereocenters. The Morgan fingerprint density at radius 1 is 0.966 bits per heavy atom. The number of aryl methyl sites for hydroxylation is 1. The number of hydrogen-bond donors (Lipinski definition) is 1. The van der Waals surface area contributed by atoms with Gasteiger partial charge in [0.05, 0.1) is 16.8 Å². The molecule has 0 aliphatic carbocycles. The molecule has 158 valence electrons. The van der Waals surface area contributed by atoms with Crippen LogP contribution in [0.4, 0.5) is 5.69 Å².